The van der Waals surface area contributed by atoms with E-state index in [-0.39, 0.29) is 51.5 Å². The number of ether oxygens (including phenoxy) is 6. The number of carbonyl (C=O) groups excluding carboxylic acids is 1. The monoisotopic (exact) mass is 1750 g/mol. The summed E-state index contributed by atoms with van der Waals surface area (Å²) in [6.45, 7) is 8.24. The van der Waals surface area contributed by atoms with Crippen molar-refractivity contribution >= 4 is 34.1 Å². The zero-order valence-corrected chi connectivity index (χ0v) is 64.4. The molecule has 1 amide bonds. The Bertz CT molecular complexity index is 5350. The number of carbonyl (C=O) groups is 1. The molecule has 668 valence electrons. The summed E-state index contributed by atoms with van der Waals surface area (Å²) < 4.78 is 175. The summed E-state index contributed by atoms with van der Waals surface area (Å²) in [5.74, 6) is -13.7. The second kappa shape index (κ2) is 33.9. The van der Waals surface area contributed by atoms with Gasteiger partial charge in [0.05, 0.1) is 18.7 Å². The number of alkyl halides is 10. The number of halogens is 10. The molecule has 6 aromatic heterocycles. The molecule has 0 radical (unpaired) electrons. The minimum atomic E-state index is -3.12. The highest BCUT2D eigenvalue weighted by molar-refractivity contribution is 5.92. The molecule has 8 aliphatic heterocycles. The lowest BCUT2D eigenvalue weighted by Gasteiger charge is -2.35. The number of hydrogen-bond donors (Lipinski definition) is 20. The molecular weight excluding hydrogens is 1670 g/mol. The normalized spacial score (nSPS) is 38.1. The Hall–Kier alpha value is -10.6. The fraction of sp³-hybridized carbons (Fsp3) is 0.536. The Morgan fingerprint density at radius 1 is 0.566 bits per heavy atom. The van der Waals surface area contributed by atoms with Crippen LogP contribution in [-0.4, -0.2) is 305 Å². The molecule has 14 rings (SSSR count). The van der Waals surface area contributed by atoms with Crippen LogP contribution in [0.2, 0.25) is 0 Å². The summed E-state index contributed by atoms with van der Waals surface area (Å²) in [6.07, 6.45) is -3.64. The molecule has 0 unspecified atom stereocenters. The molecule has 6 saturated heterocycles. The molecule has 14 heterocycles. The average molecular weight is 1760 g/mol. The van der Waals surface area contributed by atoms with Crippen molar-refractivity contribution in [3.8, 4) is 24.7 Å². The largest absolute Gasteiger partial charge is 0.390 e. The van der Waals surface area contributed by atoms with Gasteiger partial charge in [-0.15, -0.1) is 12.8 Å². The summed E-state index contributed by atoms with van der Waals surface area (Å²) in [6, 6.07) is 1.98. The van der Waals surface area contributed by atoms with E-state index in [0.717, 1.165) is 88.3 Å². The quantitative estimate of drug-likeness (QED) is 0.0308. The number of aliphatic hydroxyl groups excluding tert-OH is 12. The third-order valence-electron chi connectivity index (χ3n) is 20.2. The van der Waals surface area contributed by atoms with E-state index >= 15 is 0 Å². The summed E-state index contributed by atoms with van der Waals surface area (Å²) >= 11 is 0. The lowest BCUT2D eigenvalue weighted by atomic mass is 9.95. The van der Waals surface area contributed by atoms with Crippen LogP contribution >= 0.6 is 0 Å². The molecule has 8 aliphatic rings. The standard InChI is InChI=1S/C12H14F2N4O4.C12H12F2N2O4.C12H15FN4O5.C11H15F2N3O3.C11H14F2N2O4.C11H11FN2O6/c1-5-16-7-6(8(20)17-5)15-4-18(7)10-11(2,13)9(21)12(14,3-19)22-10;1-3-11(19)9(13)12(14,6-17)20-10(11)16-5-4-8(18)15-7(16)2;1-5-15-7-6(8(19)16-5)14-4-17(7)10-11(2,21)9(20)12(13,3-18)22-10;1-6-15-7(14)3-4-16(6)9-10(2,12)8(18)11(13,5-17)19-9;1-6-14-7(17)3-4-15(6)9-10(2,12)8(18)11(13,5-16)19-9;1-2-11(14-4-3-6(16)13-9(14)19)8(18)7(17)10(12,5-15)20-11/h4,9-10,19,21H,3H2,1-2H3,(H,16,17,20);1,4-5,9-10,17,19H,6H2,2H3;4,9-10,18,20-21H,3H2,1-2H3,(H,15,16,19);3-4,8-9,17-18H,1,5H2,2H3,(H2,14,15);3-4,8-9,16,18H,1,5H2,2H3,(H,14,17);1,3-4,7-8,15,17-18H,5H2,(H,13,16,19)/p+1/t3*9-,10+,11+,12+;2*8-,9+,10+,11+;7-,8+,10+,11+/m000000/s1. The van der Waals surface area contributed by atoms with Crippen LogP contribution in [0.15, 0.2) is 115 Å². The first-order chi connectivity index (χ1) is 56.4. The van der Waals surface area contributed by atoms with Crippen molar-refractivity contribution in [1.29, 1.82) is 0 Å². The van der Waals surface area contributed by atoms with E-state index < -0.39 is 216 Å². The van der Waals surface area contributed by atoms with Gasteiger partial charge in [-0.2, -0.15) is 0 Å². The minimum Gasteiger partial charge on any atom is -0.390 e. The number of hydrogen-bond acceptors (Lipinski definition) is 34. The summed E-state index contributed by atoms with van der Waals surface area (Å²) in [7, 11) is 0. The first-order valence-corrected chi connectivity index (χ1v) is 35.3. The van der Waals surface area contributed by atoms with Gasteiger partial charge in [0.1, 0.15) is 98.9 Å². The molecule has 0 aliphatic carbocycles. The van der Waals surface area contributed by atoms with E-state index in [1.165, 1.54) is 38.5 Å². The fourth-order valence-electron chi connectivity index (χ4n) is 13.5. The second-order valence-electron chi connectivity index (χ2n) is 29.0. The number of aromatic amines is 4. The van der Waals surface area contributed by atoms with E-state index in [0.29, 0.717) is 10.4 Å². The molecule has 0 spiro atoms. The van der Waals surface area contributed by atoms with Gasteiger partial charge in [0.15, 0.2) is 82.6 Å². The van der Waals surface area contributed by atoms with Crippen LogP contribution in [-0.2, 0) is 38.9 Å². The SMILES string of the molecule is C#C[C@@]1(n2ccc(=O)[nH]c2=O)O[C@](F)(CO)[C@@H](O)[C@H]1O.C#C[C@]1(O)[C@H]([n+]2ccc(=O)[nH]c2C)O[C@](F)(CO)[C@H]1F.C=C1N=C(N)C=CN1[C@@H]1O[C@](F)(CO)[C@@H](O)[C@@]1(C)F.C=C1NC(=O)C=CN1[C@@H]1O[C@](F)(CO)[C@@H](O)[C@@]1(C)F.Cc1nc2c(ncn2[C@@H]2O[C@](F)(CO)[C@@H](O)[C@@]2(C)F)c(=O)[nH]1.Cc1nc2c(ncn2[C@@H]2O[C@](F)(CO)[C@@H](O)[C@@]2(C)O)c(=O)[nH]1. The van der Waals surface area contributed by atoms with Crippen LogP contribution in [0.1, 0.15) is 63.9 Å². The highest BCUT2D eigenvalue weighted by Crippen LogP contribution is 2.51. The summed E-state index contributed by atoms with van der Waals surface area (Å²) in [5, 5.41) is 135. The number of aromatic nitrogens is 12. The number of aliphatic imine (C=N–C) groups is 1. The summed E-state index contributed by atoms with van der Waals surface area (Å²) in [4.78, 5) is 99.3. The molecule has 0 saturated carbocycles. The van der Waals surface area contributed by atoms with Gasteiger partial charge in [-0.1, -0.05) is 19.1 Å². The van der Waals surface area contributed by atoms with E-state index in [2.05, 4.69) is 58.4 Å². The number of nitrogens with zero attached hydrogens (tertiary/aromatic N) is 11. The molecule has 24 atom stereocenters. The smallest absolute Gasteiger partial charge is 0.335 e. The number of amides is 1. The van der Waals surface area contributed by atoms with Crippen molar-refractivity contribution in [3.63, 3.8) is 0 Å². The van der Waals surface area contributed by atoms with Crippen molar-refractivity contribution in [1.82, 2.24) is 68.7 Å². The zero-order valence-electron chi connectivity index (χ0n) is 64.4. The van der Waals surface area contributed by atoms with Crippen LogP contribution in [0, 0.1) is 45.5 Å². The molecule has 6 aromatic rings. The van der Waals surface area contributed by atoms with Gasteiger partial charge in [0.2, 0.25) is 23.7 Å². The van der Waals surface area contributed by atoms with Crippen LogP contribution in [0.5, 0.6) is 0 Å². The maximum atomic E-state index is 14.8. The first kappa shape index (κ1) is 95.2. The number of nitrogens with one attached hydrogen (secondary N) is 5. The number of nitrogens with two attached hydrogens (primary N) is 1. The van der Waals surface area contributed by atoms with Gasteiger partial charge in [-0.3, -0.25) is 42.6 Å². The summed E-state index contributed by atoms with van der Waals surface area (Å²) in [5.41, 5.74) is -12.5. The van der Waals surface area contributed by atoms with E-state index in [1.807, 2.05) is 10.9 Å². The van der Waals surface area contributed by atoms with Gasteiger partial charge in [-0.25, -0.2) is 88.0 Å². The van der Waals surface area contributed by atoms with Crippen LogP contribution in [0.4, 0.5) is 43.9 Å². The lowest BCUT2D eigenvalue weighted by molar-refractivity contribution is -0.780. The Balaban J connectivity index is 0.000000166. The lowest BCUT2D eigenvalue weighted by Crippen LogP contribution is -2.56. The molecule has 0 aromatic carbocycles. The van der Waals surface area contributed by atoms with Gasteiger partial charge in [-0.05, 0) is 53.5 Å². The topological polar surface area (TPSA) is 631 Å². The number of H-pyrrole nitrogens is 4. The molecule has 43 nitrogen and oxygen atoms in total. The Morgan fingerprint density at radius 2 is 1.00 bits per heavy atom. The van der Waals surface area contributed by atoms with Crippen molar-refractivity contribution in [3.05, 3.63) is 156 Å². The van der Waals surface area contributed by atoms with E-state index in [9.17, 15) is 114 Å². The van der Waals surface area contributed by atoms with Crippen molar-refractivity contribution < 1.29 is 153 Å². The molecule has 0 bridgehead atoms. The van der Waals surface area contributed by atoms with Crippen LogP contribution in [0.3, 0.4) is 0 Å². The maximum Gasteiger partial charge on any atom is 0.335 e. The third kappa shape index (κ3) is 16.6. The van der Waals surface area contributed by atoms with Crippen molar-refractivity contribution in [2.75, 3.05) is 39.6 Å². The van der Waals surface area contributed by atoms with E-state index in [4.69, 9.17) is 77.6 Å². The third-order valence-corrected chi connectivity index (χ3v) is 20.2. The number of terminal acetylenes is 2. The molecule has 21 N–H and O–H groups in total. The molecule has 53 heteroatoms. The Kier molecular flexibility index (Phi) is 26.5. The fourth-order valence-corrected chi connectivity index (χ4v) is 13.5. The molecule has 122 heavy (non-hydrogen) atoms. The maximum absolute atomic E-state index is 14.8. The number of rotatable bonds is 12. The van der Waals surface area contributed by atoms with Crippen molar-refractivity contribution in [2.24, 2.45) is 10.7 Å². The van der Waals surface area contributed by atoms with Gasteiger partial charge >= 0.3 is 11.2 Å². The number of imidazole rings is 2. The Morgan fingerprint density at radius 3 is 1.42 bits per heavy atom. The van der Waals surface area contributed by atoms with Gasteiger partial charge in [0.25, 0.3) is 63.5 Å². The second-order valence-corrected chi connectivity index (χ2v) is 29.0. The zero-order chi connectivity index (χ0) is 91.7. The van der Waals surface area contributed by atoms with Crippen LogP contribution < -0.4 is 43.5 Å². The minimum absolute atomic E-state index is 0.00971. The van der Waals surface area contributed by atoms with Gasteiger partial charge < -0.3 is 126 Å². The number of fused-ring (bicyclic) bond motifs is 2. The molecular formula is C69H82F10N17O26+. The Labute approximate surface area is 676 Å². The molecule has 6 fully saturated rings. The predicted molar refractivity (Wildman–Crippen MR) is 387 cm³/mol. The van der Waals surface area contributed by atoms with Crippen LogP contribution in [0.25, 0.3) is 22.3 Å². The predicted octanol–water partition coefficient (Wildman–Crippen LogP) is -6.22. The van der Waals surface area contributed by atoms with Crippen molar-refractivity contribution in [2.45, 2.75) is 191 Å². The highest BCUT2D eigenvalue weighted by Gasteiger charge is 2.71. The highest BCUT2D eigenvalue weighted by atomic mass is 19.2. The number of aryl methyl sites for hydroxylation is 3. The number of amidine groups is 1. The number of aliphatic hydroxyl groups is 14. The average Bonchev–Trinajstić information content (AvgIpc) is 1.57. The first-order valence-electron chi connectivity index (χ1n) is 35.3. The van der Waals surface area contributed by atoms with Gasteiger partial charge in [0, 0.05) is 37.7 Å². The van der Waals surface area contributed by atoms with E-state index in [1.54, 1.807) is 12.8 Å².